The van der Waals surface area contributed by atoms with Crippen LogP contribution < -0.4 is 25.2 Å². The molecule has 0 radical (unpaired) electrons. The van der Waals surface area contributed by atoms with Crippen LogP contribution in [0.1, 0.15) is 13.8 Å². The Hall–Kier alpha value is -2.70. The number of piperazine rings is 1. The first-order valence-corrected chi connectivity index (χ1v) is 9.17. The lowest BCUT2D eigenvalue weighted by Crippen LogP contribution is -2.47. The highest BCUT2D eigenvalue weighted by Crippen LogP contribution is 2.30. The quantitative estimate of drug-likeness (QED) is 0.851. The molecule has 0 atom stereocenters. The van der Waals surface area contributed by atoms with Gasteiger partial charge in [-0.1, -0.05) is 0 Å². The fraction of sp³-hybridized carbons (Fsp3) is 0.474. The molecule has 1 aromatic carbocycles. The Balaban J connectivity index is 1.70. The third-order valence-electron chi connectivity index (χ3n) is 4.92. The van der Waals surface area contributed by atoms with E-state index in [9.17, 15) is 0 Å². The molecule has 0 amide bonds. The standard InChI is InChI=1S/C19H28N6O/c1-4-23(5-2)18-17(20)19(22-14-21-18)25-12-10-24(11-13-25)15-6-8-16(26-3)9-7-15/h6-9,14H,4-5,10-13,20H2,1-3H3. The van der Waals surface area contributed by atoms with Crippen molar-refractivity contribution in [2.24, 2.45) is 0 Å². The van der Waals surface area contributed by atoms with Gasteiger partial charge in [-0.25, -0.2) is 9.97 Å². The van der Waals surface area contributed by atoms with Gasteiger partial charge in [-0.2, -0.15) is 0 Å². The Bertz CT molecular complexity index is 708. The average molecular weight is 356 g/mol. The second-order valence-electron chi connectivity index (χ2n) is 6.28. The molecule has 3 rings (SSSR count). The van der Waals surface area contributed by atoms with Crippen LogP contribution in [0.5, 0.6) is 5.75 Å². The first-order valence-electron chi connectivity index (χ1n) is 9.17. The Labute approximate surface area is 155 Å². The van der Waals surface area contributed by atoms with Gasteiger partial charge < -0.3 is 25.2 Å². The smallest absolute Gasteiger partial charge is 0.157 e. The maximum atomic E-state index is 6.41. The third kappa shape index (κ3) is 3.61. The Kier molecular flexibility index (Phi) is 5.65. The van der Waals surface area contributed by atoms with Crippen molar-refractivity contribution in [3.63, 3.8) is 0 Å². The van der Waals surface area contributed by atoms with Crippen molar-refractivity contribution in [1.82, 2.24) is 9.97 Å². The van der Waals surface area contributed by atoms with Crippen LogP contribution in [0.15, 0.2) is 30.6 Å². The van der Waals surface area contributed by atoms with Crippen molar-refractivity contribution >= 4 is 23.0 Å². The third-order valence-corrected chi connectivity index (χ3v) is 4.92. The van der Waals surface area contributed by atoms with Gasteiger partial charge in [0.1, 0.15) is 17.8 Å². The van der Waals surface area contributed by atoms with Crippen LogP contribution in [0.2, 0.25) is 0 Å². The maximum Gasteiger partial charge on any atom is 0.157 e. The van der Waals surface area contributed by atoms with Crippen LogP contribution in [0.4, 0.5) is 23.0 Å². The molecule has 1 aromatic heterocycles. The van der Waals surface area contributed by atoms with E-state index in [0.717, 1.165) is 56.7 Å². The number of anilines is 4. The van der Waals surface area contributed by atoms with Gasteiger partial charge in [-0.05, 0) is 38.1 Å². The van der Waals surface area contributed by atoms with Crippen LogP contribution >= 0.6 is 0 Å². The molecule has 2 N–H and O–H groups in total. The van der Waals surface area contributed by atoms with Crippen molar-refractivity contribution in [3.05, 3.63) is 30.6 Å². The molecule has 0 spiro atoms. The molecular weight excluding hydrogens is 328 g/mol. The number of aromatic nitrogens is 2. The van der Waals surface area contributed by atoms with Gasteiger partial charge in [0.2, 0.25) is 0 Å². The van der Waals surface area contributed by atoms with Crippen molar-refractivity contribution in [3.8, 4) is 5.75 Å². The van der Waals surface area contributed by atoms with Crippen molar-refractivity contribution in [2.75, 3.05) is 66.8 Å². The molecule has 0 saturated carbocycles. The molecule has 0 aliphatic carbocycles. The predicted molar refractivity (Wildman–Crippen MR) is 107 cm³/mol. The van der Waals surface area contributed by atoms with Gasteiger partial charge in [0, 0.05) is 45.0 Å². The van der Waals surface area contributed by atoms with E-state index in [-0.39, 0.29) is 0 Å². The highest BCUT2D eigenvalue weighted by molar-refractivity contribution is 5.76. The molecule has 7 heteroatoms. The topological polar surface area (TPSA) is 70.8 Å². The summed E-state index contributed by atoms with van der Waals surface area (Å²) in [5, 5.41) is 0. The monoisotopic (exact) mass is 356 g/mol. The van der Waals surface area contributed by atoms with Crippen molar-refractivity contribution < 1.29 is 4.74 Å². The van der Waals surface area contributed by atoms with Gasteiger partial charge in [0.15, 0.2) is 11.6 Å². The van der Waals surface area contributed by atoms with E-state index in [1.54, 1.807) is 13.4 Å². The summed E-state index contributed by atoms with van der Waals surface area (Å²) in [7, 11) is 1.69. The van der Waals surface area contributed by atoms with E-state index in [0.29, 0.717) is 5.69 Å². The number of hydrogen-bond acceptors (Lipinski definition) is 7. The zero-order chi connectivity index (χ0) is 18.5. The molecular formula is C19H28N6O. The number of benzene rings is 1. The van der Waals surface area contributed by atoms with Crippen LogP contribution in [-0.4, -0.2) is 56.3 Å². The largest absolute Gasteiger partial charge is 0.497 e. The predicted octanol–water partition coefficient (Wildman–Crippen LogP) is 2.24. The molecule has 2 aromatic rings. The molecule has 0 bridgehead atoms. The zero-order valence-corrected chi connectivity index (χ0v) is 15.9. The number of rotatable bonds is 6. The summed E-state index contributed by atoms with van der Waals surface area (Å²) in [6.45, 7) is 9.59. The van der Waals surface area contributed by atoms with E-state index < -0.39 is 0 Å². The van der Waals surface area contributed by atoms with E-state index in [2.05, 4.69) is 50.6 Å². The van der Waals surface area contributed by atoms with Crippen LogP contribution in [0.3, 0.4) is 0 Å². The summed E-state index contributed by atoms with van der Waals surface area (Å²) in [6, 6.07) is 8.21. The highest BCUT2D eigenvalue weighted by Gasteiger charge is 2.22. The number of nitrogen functional groups attached to an aromatic ring is 1. The van der Waals surface area contributed by atoms with E-state index in [1.165, 1.54) is 5.69 Å². The molecule has 0 unspecified atom stereocenters. The van der Waals surface area contributed by atoms with E-state index in [1.807, 2.05) is 12.1 Å². The summed E-state index contributed by atoms with van der Waals surface area (Å²) in [6.07, 6.45) is 1.62. The summed E-state index contributed by atoms with van der Waals surface area (Å²) < 4.78 is 5.23. The molecule has 1 fully saturated rings. The Morgan fingerprint density at radius 2 is 1.62 bits per heavy atom. The van der Waals surface area contributed by atoms with Gasteiger partial charge in [0.05, 0.1) is 7.11 Å². The number of nitrogens with zero attached hydrogens (tertiary/aromatic N) is 5. The van der Waals surface area contributed by atoms with Crippen molar-refractivity contribution in [1.29, 1.82) is 0 Å². The fourth-order valence-electron chi connectivity index (χ4n) is 3.37. The molecule has 7 nitrogen and oxygen atoms in total. The lowest BCUT2D eigenvalue weighted by atomic mass is 10.2. The van der Waals surface area contributed by atoms with Crippen LogP contribution in [-0.2, 0) is 0 Å². The second-order valence-corrected chi connectivity index (χ2v) is 6.28. The Morgan fingerprint density at radius 3 is 2.19 bits per heavy atom. The summed E-state index contributed by atoms with van der Waals surface area (Å²) in [5.41, 5.74) is 8.30. The molecule has 2 heterocycles. The Morgan fingerprint density at radius 1 is 1.00 bits per heavy atom. The summed E-state index contributed by atoms with van der Waals surface area (Å²) >= 11 is 0. The average Bonchev–Trinajstić information content (AvgIpc) is 2.70. The van der Waals surface area contributed by atoms with Gasteiger partial charge in [-0.15, -0.1) is 0 Å². The SMILES string of the molecule is CCN(CC)c1ncnc(N2CCN(c3ccc(OC)cc3)CC2)c1N. The van der Waals surface area contributed by atoms with Gasteiger partial charge in [0.25, 0.3) is 0 Å². The van der Waals surface area contributed by atoms with Gasteiger partial charge >= 0.3 is 0 Å². The van der Waals surface area contributed by atoms with Crippen molar-refractivity contribution in [2.45, 2.75) is 13.8 Å². The number of hydrogen-bond donors (Lipinski definition) is 1. The molecule has 140 valence electrons. The minimum absolute atomic E-state index is 0.675. The first-order chi connectivity index (χ1) is 12.7. The fourth-order valence-corrected chi connectivity index (χ4v) is 3.37. The lowest BCUT2D eigenvalue weighted by molar-refractivity contribution is 0.415. The van der Waals surface area contributed by atoms with Crippen LogP contribution in [0.25, 0.3) is 0 Å². The normalized spacial score (nSPS) is 14.4. The van der Waals surface area contributed by atoms with E-state index in [4.69, 9.17) is 10.5 Å². The second kappa shape index (κ2) is 8.12. The van der Waals surface area contributed by atoms with Crippen LogP contribution in [0, 0.1) is 0 Å². The minimum atomic E-state index is 0.675. The number of methoxy groups -OCH3 is 1. The number of nitrogens with two attached hydrogens (primary N) is 1. The summed E-state index contributed by atoms with van der Waals surface area (Å²) in [4.78, 5) is 15.6. The lowest BCUT2D eigenvalue weighted by Gasteiger charge is -2.37. The first kappa shape index (κ1) is 18.1. The molecule has 1 aliphatic heterocycles. The molecule has 26 heavy (non-hydrogen) atoms. The van der Waals surface area contributed by atoms with E-state index >= 15 is 0 Å². The maximum absolute atomic E-state index is 6.41. The number of ether oxygens (including phenoxy) is 1. The van der Waals surface area contributed by atoms with Gasteiger partial charge in [-0.3, -0.25) is 0 Å². The minimum Gasteiger partial charge on any atom is -0.497 e. The molecule has 1 saturated heterocycles. The highest BCUT2D eigenvalue weighted by atomic mass is 16.5. The zero-order valence-electron chi connectivity index (χ0n) is 15.9. The molecule has 1 aliphatic rings. The summed E-state index contributed by atoms with van der Waals surface area (Å²) in [5.74, 6) is 2.55.